The molecule has 3 N–H and O–H groups in total. The van der Waals surface area contributed by atoms with Crippen LogP contribution in [0.5, 0.6) is 5.75 Å². The van der Waals surface area contributed by atoms with Gasteiger partial charge in [0.2, 0.25) is 0 Å². The minimum absolute atomic E-state index is 0.0724. The number of benzene rings is 1. The van der Waals surface area contributed by atoms with Gasteiger partial charge in [0.05, 0.1) is 6.61 Å². The van der Waals surface area contributed by atoms with Crippen LogP contribution in [0.1, 0.15) is 5.56 Å². The van der Waals surface area contributed by atoms with Crippen LogP contribution >= 0.6 is 11.6 Å². The lowest BCUT2D eigenvalue weighted by atomic mass is 10.2. The molecule has 1 rings (SSSR count). The number of halogens is 1. The Morgan fingerprint density at radius 3 is 2.94 bits per heavy atom. The lowest BCUT2D eigenvalue weighted by molar-refractivity contribution is -0.123. The van der Waals surface area contributed by atoms with E-state index in [1.165, 1.54) is 0 Å². The Balaban J connectivity index is 2.48. The Hall–Kier alpha value is -1.30. The fourth-order valence-corrected chi connectivity index (χ4v) is 1.60. The van der Waals surface area contributed by atoms with E-state index in [9.17, 15) is 4.79 Å². The second-order valence-corrected chi connectivity index (χ2v) is 3.96. The van der Waals surface area contributed by atoms with Gasteiger partial charge in [-0.1, -0.05) is 17.7 Å². The van der Waals surface area contributed by atoms with E-state index >= 15 is 0 Å². The van der Waals surface area contributed by atoms with E-state index < -0.39 is 0 Å². The third kappa shape index (κ3) is 4.52. The van der Waals surface area contributed by atoms with Crippen LogP contribution in [-0.2, 0) is 16.1 Å². The van der Waals surface area contributed by atoms with Crippen molar-refractivity contribution >= 4 is 17.5 Å². The van der Waals surface area contributed by atoms with Gasteiger partial charge in [-0.2, -0.15) is 0 Å². The second kappa shape index (κ2) is 7.92. The van der Waals surface area contributed by atoms with Gasteiger partial charge in [-0.25, -0.2) is 0 Å². The minimum Gasteiger partial charge on any atom is -0.483 e. The third-order valence-electron chi connectivity index (χ3n) is 2.27. The first-order valence-electron chi connectivity index (χ1n) is 5.55. The summed E-state index contributed by atoms with van der Waals surface area (Å²) in [5, 5.41) is 3.19. The van der Waals surface area contributed by atoms with Crippen molar-refractivity contribution in [3.05, 3.63) is 28.8 Å². The molecule has 0 aliphatic rings. The summed E-state index contributed by atoms with van der Waals surface area (Å²) in [6.07, 6.45) is 0. The molecule has 0 bridgehead atoms. The summed E-state index contributed by atoms with van der Waals surface area (Å²) in [5.41, 5.74) is 6.27. The van der Waals surface area contributed by atoms with Gasteiger partial charge in [-0.3, -0.25) is 4.79 Å². The summed E-state index contributed by atoms with van der Waals surface area (Å²) in [7, 11) is 1.57. The van der Waals surface area contributed by atoms with Gasteiger partial charge < -0.3 is 20.5 Å². The molecule has 0 unspecified atom stereocenters. The summed E-state index contributed by atoms with van der Waals surface area (Å²) < 4.78 is 10.2. The van der Waals surface area contributed by atoms with Gasteiger partial charge in [0, 0.05) is 30.8 Å². The largest absolute Gasteiger partial charge is 0.483 e. The molecule has 0 fully saturated rings. The summed E-state index contributed by atoms with van der Waals surface area (Å²) in [6, 6.07) is 5.21. The molecule has 5 nitrogen and oxygen atoms in total. The Morgan fingerprint density at radius 1 is 1.50 bits per heavy atom. The number of carbonyl (C=O) groups is 1. The molecule has 0 saturated heterocycles. The zero-order chi connectivity index (χ0) is 13.4. The van der Waals surface area contributed by atoms with Gasteiger partial charge in [-0.15, -0.1) is 0 Å². The highest BCUT2D eigenvalue weighted by Gasteiger charge is 2.08. The highest BCUT2D eigenvalue weighted by atomic mass is 35.5. The first kappa shape index (κ1) is 14.8. The van der Waals surface area contributed by atoms with Crippen molar-refractivity contribution in [1.29, 1.82) is 0 Å². The van der Waals surface area contributed by atoms with E-state index in [1.54, 1.807) is 25.3 Å². The molecule has 0 aliphatic heterocycles. The van der Waals surface area contributed by atoms with Crippen LogP contribution < -0.4 is 15.8 Å². The molecule has 6 heteroatoms. The zero-order valence-corrected chi connectivity index (χ0v) is 11.0. The summed E-state index contributed by atoms with van der Waals surface area (Å²) in [5.74, 6) is 0.321. The average molecular weight is 273 g/mol. The van der Waals surface area contributed by atoms with Gasteiger partial charge in [-0.05, 0) is 12.1 Å². The van der Waals surface area contributed by atoms with Crippen LogP contribution in [0.4, 0.5) is 0 Å². The summed E-state index contributed by atoms with van der Waals surface area (Å²) >= 11 is 5.97. The summed E-state index contributed by atoms with van der Waals surface area (Å²) in [4.78, 5) is 11.4. The zero-order valence-electron chi connectivity index (χ0n) is 10.2. The number of hydrogen-bond donors (Lipinski definition) is 2. The maximum Gasteiger partial charge on any atom is 0.258 e. The topological polar surface area (TPSA) is 73.6 Å². The first-order chi connectivity index (χ1) is 8.69. The predicted molar refractivity (Wildman–Crippen MR) is 69.7 cm³/mol. The molecule has 100 valence electrons. The van der Waals surface area contributed by atoms with Crippen LogP contribution in [0.2, 0.25) is 5.02 Å². The Morgan fingerprint density at radius 2 is 2.28 bits per heavy atom. The van der Waals surface area contributed by atoms with E-state index in [4.69, 9.17) is 26.8 Å². The molecule has 18 heavy (non-hydrogen) atoms. The average Bonchev–Trinajstić information content (AvgIpc) is 2.36. The van der Waals surface area contributed by atoms with E-state index in [0.29, 0.717) is 29.5 Å². The van der Waals surface area contributed by atoms with Crippen LogP contribution in [0.15, 0.2) is 18.2 Å². The number of methoxy groups -OCH3 is 1. The molecule has 0 spiro atoms. The number of nitrogens with two attached hydrogens (primary N) is 1. The van der Waals surface area contributed by atoms with Crippen molar-refractivity contribution in [2.75, 3.05) is 26.9 Å². The monoisotopic (exact) mass is 272 g/mol. The predicted octanol–water partition coefficient (Wildman–Crippen LogP) is 0.940. The lowest BCUT2D eigenvalue weighted by Gasteiger charge is -2.11. The van der Waals surface area contributed by atoms with Gasteiger partial charge in [0.15, 0.2) is 6.61 Å². The highest BCUT2D eigenvalue weighted by Crippen LogP contribution is 2.25. The number of ether oxygens (including phenoxy) is 2. The standard InChI is InChI=1S/C12H17ClN2O3/c1-17-6-5-15-12(16)8-18-11-4-2-3-10(13)9(11)7-14/h2-4H,5-8,14H2,1H3,(H,15,16). The van der Waals surface area contributed by atoms with Gasteiger partial charge >= 0.3 is 0 Å². The van der Waals surface area contributed by atoms with E-state index in [-0.39, 0.29) is 19.1 Å². The molecule has 0 radical (unpaired) electrons. The third-order valence-corrected chi connectivity index (χ3v) is 2.62. The quantitative estimate of drug-likeness (QED) is 0.725. The van der Waals surface area contributed by atoms with Gasteiger partial charge in [0.25, 0.3) is 5.91 Å². The number of nitrogens with one attached hydrogen (secondary N) is 1. The molecule has 0 heterocycles. The molecule has 0 aliphatic carbocycles. The number of rotatable bonds is 7. The molecular weight excluding hydrogens is 256 g/mol. The Labute approximate surface area is 111 Å². The van der Waals surface area contributed by atoms with Crippen molar-refractivity contribution < 1.29 is 14.3 Å². The fraction of sp³-hybridized carbons (Fsp3) is 0.417. The maximum atomic E-state index is 11.4. The van der Waals surface area contributed by atoms with Crippen molar-refractivity contribution in [1.82, 2.24) is 5.32 Å². The van der Waals surface area contributed by atoms with Crippen LogP contribution in [0, 0.1) is 0 Å². The van der Waals surface area contributed by atoms with Crippen molar-refractivity contribution in [2.24, 2.45) is 5.73 Å². The van der Waals surface area contributed by atoms with Gasteiger partial charge in [0.1, 0.15) is 5.75 Å². The normalized spacial score (nSPS) is 10.2. The van der Waals surface area contributed by atoms with Crippen LogP contribution in [-0.4, -0.2) is 32.8 Å². The second-order valence-electron chi connectivity index (χ2n) is 3.55. The van der Waals surface area contributed by atoms with Crippen molar-refractivity contribution in [2.45, 2.75) is 6.54 Å². The number of amides is 1. The molecule has 0 aromatic heterocycles. The Bertz CT molecular complexity index is 399. The smallest absolute Gasteiger partial charge is 0.258 e. The van der Waals surface area contributed by atoms with Crippen LogP contribution in [0.3, 0.4) is 0 Å². The molecule has 1 aromatic rings. The number of carbonyl (C=O) groups excluding carboxylic acids is 1. The van der Waals surface area contributed by atoms with E-state index in [0.717, 1.165) is 0 Å². The SMILES string of the molecule is COCCNC(=O)COc1cccc(Cl)c1CN. The molecule has 1 amide bonds. The fourth-order valence-electron chi connectivity index (χ4n) is 1.36. The number of hydrogen-bond acceptors (Lipinski definition) is 4. The minimum atomic E-state index is -0.213. The molecule has 0 atom stereocenters. The molecule has 1 aromatic carbocycles. The van der Waals surface area contributed by atoms with Crippen LogP contribution in [0.25, 0.3) is 0 Å². The molecular formula is C12H17ClN2O3. The summed E-state index contributed by atoms with van der Waals surface area (Å²) in [6.45, 7) is 1.12. The van der Waals surface area contributed by atoms with E-state index in [1.807, 2.05) is 0 Å². The lowest BCUT2D eigenvalue weighted by Crippen LogP contribution is -2.31. The van der Waals surface area contributed by atoms with Crippen molar-refractivity contribution in [3.63, 3.8) is 0 Å². The van der Waals surface area contributed by atoms with E-state index in [2.05, 4.69) is 5.32 Å². The van der Waals surface area contributed by atoms with Crippen molar-refractivity contribution in [3.8, 4) is 5.75 Å². The maximum absolute atomic E-state index is 11.4. The highest BCUT2D eigenvalue weighted by molar-refractivity contribution is 6.31. The Kier molecular flexibility index (Phi) is 6.49. The first-order valence-corrected chi connectivity index (χ1v) is 5.92. The molecule has 0 saturated carbocycles.